The lowest BCUT2D eigenvalue weighted by molar-refractivity contribution is -0.145. The van der Waals surface area contributed by atoms with Crippen molar-refractivity contribution >= 4 is 23.9 Å². The van der Waals surface area contributed by atoms with Crippen LogP contribution in [0.2, 0.25) is 0 Å². The number of nitrogens with zero attached hydrogens (tertiary/aromatic N) is 4. The largest absolute Gasteiger partial charge is 0.330 e. The highest BCUT2D eigenvalue weighted by molar-refractivity contribution is 6.05. The minimum Gasteiger partial charge on any atom is -0.300 e. The summed E-state index contributed by atoms with van der Waals surface area (Å²) in [4.78, 5) is 55.7. The Morgan fingerprint density at radius 2 is 1.38 bits per heavy atom. The Bertz CT molecular complexity index is 811. The smallest absolute Gasteiger partial charge is 0.300 e. The number of urea groups is 2. The van der Waals surface area contributed by atoms with Crippen molar-refractivity contribution in [3.05, 3.63) is 35.9 Å². The van der Waals surface area contributed by atoms with Crippen LogP contribution >= 0.6 is 0 Å². The molecule has 0 bridgehead atoms. The van der Waals surface area contributed by atoms with Crippen molar-refractivity contribution in [1.29, 1.82) is 0 Å². The molecule has 0 spiro atoms. The lowest BCUT2D eigenvalue weighted by atomic mass is 9.95. The van der Waals surface area contributed by atoms with E-state index in [1.165, 1.54) is 30.8 Å². The van der Waals surface area contributed by atoms with Gasteiger partial charge >= 0.3 is 12.1 Å². The quantitative estimate of drug-likeness (QED) is 0.802. The molecule has 0 unspecified atom stereocenters. The number of likely N-dealkylation sites (N-methyl/N-ethyl adjacent to an activating group) is 2. The minimum atomic E-state index is -1.44. The second-order valence-electron chi connectivity index (χ2n) is 6.97. The summed E-state index contributed by atoms with van der Waals surface area (Å²) in [7, 11) is 3.06. The zero-order chi connectivity index (χ0) is 19.4. The molecule has 2 aliphatic rings. The van der Waals surface area contributed by atoms with Crippen molar-refractivity contribution in [2.45, 2.75) is 38.5 Å². The molecule has 2 atom stereocenters. The van der Waals surface area contributed by atoms with Crippen LogP contribution in [0.25, 0.3) is 0 Å². The van der Waals surface area contributed by atoms with Gasteiger partial charge in [-0.15, -0.1) is 0 Å². The molecule has 0 saturated carbocycles. The standard InChI is InChI=1S/C18H22N4O4/c1-12(23)21-15(25)19(4)17(2)18(21,3)22(16(26)20(17)5)14(24)11-13-9-7-6-8-10-13/h6-10H,11H2,1-5H3/t17-,18+/m0/s1. The third-order valence-corrected chi connectivity index (χ3v) is 5.79. The van der Waals surface area contributed by atoms with Gasteiger partial charge in [0.25, 0.3) is 0 Å². The first-order valence-electron chi connectivity index (χ1n) is 8.31. The molecule has 0 aromatic heterocycles. The summed E-state index contributed by atoms with van der Waals surface area (Å²) in [5.41, 5.74) is -1.86. The third-order valence-electron chi connectivity index (χ3n) is 5.79. The fourth-order valence-electron chi connectivity index (χ4n) is 4.07. The monoisotopic (exact) mass is 358 g/mol. The number of rotatable bonds is 2. The van der Waals surface area contributed by atoms with Crippen LogP contribution in [0.1, 0.15) is 26.3 Å². The number of amides is 6. The second kappa shape index (κ2) is 5.55. The van der Waals surface area contributed by atoms with Crippen molar-refractivity contribution < 1.29 is 19.2 Å². The van der Waals surface area contributed by atoms with Gasteiger partial charge in [0.2, 0.25) is 11.8 Å². The van der Waals surface area contributed by atoms with Crippen LogP contribution in [0.15, 0.2) is 30.3 Å². The topological polar surface area (TPSA) is 81.2 Å². The maximum atomic E-state index is 13.1. The summed E-state index contributed by atoms with van der Waals surface area (Å²) in [6, 6.07) is 7.95. The molecule has 8 nitrogen and oxygen atoms in total. The Morgan fingerprint density at radius 3 is 1.88 bits per heavy atom. The molecule has 1 aromatic carbocycles. The highest BCUT2D eigenvalue weighted by Crippen LogP contribution is 2.50. The fourth-order valence-corrected chi connectivity index (χ4v) is 4.07. The van der Waals surface area contributed by atoms with Crippen molar-refractivity contribution in [3.63, 3.8) is 0 Å². The van der Waals surface area contributed by atoms with Crippen LogP contribution in [-0.2, 0) is 16.0 Å². The van der Waals surface area contributed by atoms with E-state index < -0.39 is 35.2 Å². The third kappa shape index (κ3) is 1.95. The van der Waals surface area contributed by atoms with Crippen LogP contribution in [0.4, 0.5) is 9.59 Å². The number of imide groups is 2. The number of hydrogen-bond donors (Lipinski definition) is 0. The molecule has 2 saturated heterocycles. The van der Waals surface area contributed by atoms with Gasteiger partial charge in [-0.1, -0.05) is 30.3 Å². The first-order chi connectivity index (χ1) is 12.1. The van der Waals surface area contributed by atoms with E-state index in [0.29, 0.717) is 0 Å². The van der Waals surface area contributed by atoms with Gasteiger partial charge in [0.05, 0.1) is 6.42 Å². The van der Waals surface area contributed by atoms with Crippen molar-refractivity contribution in [3.8, 4) is 0 Å². The van der Waals surface area contributed by atoms with Crippen molar-refractivity contribution in [2.75, 3.05) is 14.1 Å². The molecule has 3 rings (SSSR count). The molecule has 2 fully saturated rings. The maximum Gasteiger partial charge on any atom is 0.330 e. The van der Waals surface area contributed by atoms with Gasteiger partial charge in [-0.3, -0.25) is 9.59 Å². The van der Waals surface area contributed by atoms with Crippen LogP contribution in [-0.4, -0.2) is 68.9 Å². The Labute approximate surface area is 151 Å². The SMILES string of the molecule is CC(=O)N1C(=O)N(C)[C@@]2(C)N(C)C(=O)N(C(=O)Cc3ccccc3)[C@@]12C. The van der Waals surface area contributed by atoms with Crippen LogP contribution in [0.5, 0.6) is 0 Å². The summed E-state index contributed by atoms with van der Waals surface area (Å²) in [6.45, 7) is 4.52. The second-order valence-corrected chi connectivity index (χ2v) is 6.97. The highest BCUT2D eigenvalue weighted by atomic mass is 16.2. The number of benzene rings is 1. The summed E-state index contributed by atoms with van der Waals surface area (Å²) < 4.78 is 0. The van der Waals surface area contributed by atoms with Gasteiger partial charge in [0.15, 0.2) is 11.3 Å². The van der Waals surface area contributed by atoms with Crippen molar-refractivity contribution in [2.24, 2.45) is 0 Å². The first-order valence-corrected chi connectivity index (χ1v) is 8.31. The molecule has 2 aliphatic heterocycles. The lowest BCUT2D eigenvalue weighted by Gasteiger charge is -2.42. The number of hydrogen-bond acceptors (Lipinski definition) is 4. The Kier molecular flexibility index (Phi) is 3.82. The zero-order valence-corrected chi connectivity index (χ0v) is 15.5. The maximum absolute atomic E-state index is 13.1. The predicted octanol–water partition coefficient (Wildman–Crippen LogP) is 1.47. The van der Waals surface area contributed by atoms with Gasteiger partial charge in [-0.25, -0.2) is 19.4 Å². The molecular formula is C18H22N4O4. The van der Waals surface area contributed by atoms with E-state index in [2.05, 4.69) is 0 Å². The Balaban J connectivity index is 2.10. The highest BCUT2D eigenvalue weighted by Gasteiger charge is 2.75. The molecular weight excluding hydrogens is 336 g/mol. The van der Waals surface area contributed by atoms with Gasteiger partial charge in [-0.2, -0.15) is 0 Å². The Hall–Kier alpha value is -2.90. The summed E-state index contributed by atoms with van der Waals surface area (Å²) in [5.74, 6) is -0.984. The average Bonchev–Trinajstić information content (AvgIpc) is 2.83. The van der Waals surface area contributed by atoms with Crippen molar-refractivity contribution in [1.82, 2.24) is 19.6 Å². The molecule has 1 aromatic rings. The molecule has 6 amide bonds. The molecule has 0 N–H and O–H groups in total. The van der Waals surface area contributed by atoms with Crippen LogP contribution in [0.3, 0.4) is 0 Å². The van der Waals surface area contributed by atoms with Gasteiger partial charge in [-0.05, 0) is 19.4 Å². The fraction of sp³-hybridized carbons (Fsp3) is 0.444. The molecule has 0 radical (unpaired) electrons. The Morgan fingerprint density at radius 1 is 0.885 bits per heavy atom. The van der Waals surface area contributed by atoms with Crippen LogP contribution in [0, 0.1) is 0 Å². The number of carbonyl (C=O) groups excluding carboxylic acids is 4. The summed E-state index contributed by atoms with van der Waals surface area (Å²) >= 11 is 0. The minimum absolute atomic E-state index is 0.00423. The normalized spacial score (nSPS) is 28.0. The van der Waals surface area contributed by atoms with Gasteiger partial charge < -0.3 is 9.80 Å². The summed E-state index contributed by atoms with van der Waals surface area (Å²) in [5, 5.41) is 0. The van der Waals surface area contributed by atoms with E-state index >= 15 is 0 Å². The zero-order valence-electron chi connectivity index (χ0n) is 15.5. The number of fused-ring (bicyclic) bond motifs is 1. The predicted molar refractivity (Wildman–Crippen MR) is 92.6 cm³/mol. The molecule has 8 heteroatoms. The van der Waals surface area contributed by atoms with E-state index in [-0.39, 0.29) is 6.42 Å². The van der Waals surface area contributed by atoms with E-state index in [1.54, 1.807) is 38.1 Å². The molecule has 0 aliphatic carbocycles. The molecule has 138 valence electrons. The van der Waals surface area contributed by atoms with Gasteiger partial charge in [0, 0.05) is 21.0 Å². The van der Waals surface area contributed by atoms with E-state index in [9.17, 15) is 19.2 Å². The number of carbonyl (C=O) groups is 4. The summed E-state index contributed by atoms with van der Waals surface area (Å²) in [6.07, 6.45) is -0.00423. The average molecular weight is 358 g/mol. The van der Waals surface area contributed by atoms with Crippen LogP contribution < -0.4 is 0 Å². The van der Waals surface area contributed by atoms with E-state index in [1.807, 2.05) is 6.07 Å². The lowest BCUT2D eigenvalue weighted by Crippen LogP contribution is -2.65. The molecule has 2 heterocycles. The van der Waals surface area contributed by atoms with E-state index in [0.717, 1.165) is 15.4 Å². The van der Waals surface area contributed by atoms with E-state index in [4.69, 9.17) is 0 Å². The van der Waals surface area contributed by atoms with Gasteiger partial charge in [0.1, 0.15) is 0 Å². The molecule has 26 heavy (non-hydrogen) atoms. The first kappa shape index (κ1) is 17.9.